The third-order valence-corrected chi connectivity index (χ3v) is 10.5. The molecule has 2 aromatic carbocycles. The van der Waals surface area contributed by atoms with Gasteiger partial charge in [-0.05, 0) is 132 Å². The first-order valence-corrected chi connectivity index (χ1v) is 20.8. The predicted molar refractivity (Wildman–Crippen MR) is 250 cm³/mol. The molecule has 0 radical (unpaired) electrons. The van der Waals surface area contributed by atoms with E-state index in [2.05, 4.69) is 68.4 Å². The van der Waals surface area contributed by atoms with Crippen LogP contribution in [0.25, 0.3) is 32.6 Å². The van der Waals surface area contributed by atoms with Gasteiger partial charge in [-0.3, -0.25) is 19.0 Å². The van der Waals surface area contributed by atoms with Crippen LogP contribution in [0.15, 0.2) is 48.5 Å². The van der Waals surface area contributed by atoms with Crippen LogP contribution in [0.1, 0.15) is 146 Å². The Morgan fingerprint density at radius 2 is 1.03 bits per heavy atom. The maximum Gasteiger partial charge on any atom is 0.315 e. The Hall–Kier alpha value is -5.58. The minimum Gasteiger partial charge on any atom is -0.517 e. The molecule has 4 aromatic rings. The van der Waals surface area contributed by atoms with Gasteiger partial charge >= 0.3 is 5.97 Å². The fourth-order valence-electron chi connectivity index (χ4n) is 5.71. The van der Waals surface area contributed by atoms with Gasteiger partial charge in [0.05, 0.1) is 48.3 Å². The van der Waals surface area contributed by atoms with E-state index >= 15 is 0 Å². The zero-order valence-corrected chi connectivity index (χ0v) is 40.2. The van der Waals surface area contributed by atoms with Gasteiger partial charge in [-0.15, -0.1) is 0 Å². The predicted octanol–water partition coefficient (Wildman–Crippen LogP) is 12.9. The van der Waals surface area contributed by atoms with Gasteiger partial charge in [-0.2, -0.15) is 10.2 Å². The summed E-state index contributed by atoms with van der Waals surface area (Å²) >= 11 is 5.05. The average Bonchev–Trinajstić information content (AvgIpc) is 3.62. The fraction of sp³-hybridized carbons (Fsp3) is 0.460. The van der Waals surface area contributed by atoms with Crippen molar-refractivity contribution in [1.82, 2.24) is 19.6 Å². The quantitative estimate of drug-likeness (QED) is 0.0819. The number of carbonyl (C=O) groups excluding carboxylic acids is 2. The van der Waals surface area contributed by atoms with Crippen molar-refractivity contribution in [3.05, 3.63) is 134 Å². The first kappa shape index (κ1) is 51.6. The van der Waals surface area contributed by atoms with Crippen LogP contribution in [0.5, 0.6) is 0 Å². The minimum atomic E-state index is -0.700. The summed E-state index contributed by atoms with van der Waals surface area (Å²) in [6, 6.07) is 15.7. The molecule has 0 amide bonds. The highest BCUT2D eigenvalue weighted by Crippen LogP contribution is 2.35. The summed E-state index contributed by atoms with van der Waals surface area (Å²) < 4.78 is 9.45. The summed E-state index contributed by atoms with van der Waals surface area (Å²) in [6.07, 6.45) is 0. The SMILES string of the molecule is [C-]#[N+]C(=C(O)c1c(C)c(C)nn1CC)c1ccc(C(C)(C)C)cc1.[C-]#[N+]C(=C(OC(=O)C(C)(C)C)c1c(C)c(C)nn1CC)c1ccc(C(C)(C)C)cc1.[CH2+]C(C)(C)C(=O)Cl. The lowest BCUT2D eigenvalue weighted by molar-refractivity contribution is -0.145. The third kappa shape index (κ3) is 13.2. The van der Waals surface area contributed by atoms with E-state index in [0.717, 1.165) is 33.6 Å². The molecule has 11 heteroatoms. The molecule has 1 N–H and O–H groups in total. The molecule has 2 heterocycles. The number of esters is 1. The Morgan fingerprint density at radius 1 is 0.689 bits per heavy atom. The van der Waals surface area contributed by atoms with E-state index in [-0.39, 0.29) is 34.0 Å². The fourth-order valence-corrected chi connectivity index (χ4v) is 5.71. The standard InChI is InChI=1S/C25H33N3O2.C20H25N3O.C5H8ClO/c1-11-28-21(16(2)17(3)27-28)22(30-23(29)25(7,8)9)20(26-10)18-12-14-19(15-13-18)24(4,5)6;1-8-23-18(13(2)14(3)22-23)19(24)17(21-7)15-9-11-16(12-10-15)20(4,5)6;1-5(2,3)4(6)7/h12-15H,11H2,1-9H3;9-12,24H,8H2,1-6H3;1H2,2-3H3/q;;+1. The first-order chi connectivity index (χ1) is 28.0. The Labute approximate surface area is 370 Å². The molecule has 61 heavy (non-hydrogen) atoms. The monoisotopic (exact) mass is 849 g/mol. The first-order valence-electron chi connectivity index (χ1n) is 20.5. The molecule has 0 aliphatic rings. The van der Waals surface area contributed by atoms with Gasteiger partial charge < -0.3 is 9.84 Å². The summed E-state index contributed by atoms with van der Waals surface area (Å²) in [7, 11) is 0. The highest BCUT2D eigenvalue weighted by atomic mass is 35.5. The molecule has 326 valence electrons. The molecule has 0 aliphatic carbocycles. The van der Waals surface area contributed by atoms with Crippen molar-refractivity contribution in [2.75, 3.05) is 0 Å². The molecule has 0 unspecified atom stereocenters. The van der Waals surface area contributed by atoms with Crippen molar-refractivity contribution in [2.24, 2.45) is 10.8 Å². The van der Waals surface area contributed by atoms with Gasteiger partial charge in [0.1, 0.15) is 5.76 Å². The van der Waals surface area contributed by atoms with Crippen LogP contribution in [-0.4, -0.2) is 35.9 Å². The molecule has 4 rings (SSSR count). The molecular weight excluding hydrogens is 784 g/mol. The van der Waals surface area contributed by atoms with E-state index < -0.39 is 16.1 Å². The van der Waals surface area contributed by atoms with Crippen LogP contribution in [0, 0.1) is 58.6 Å². The van der Waals surface area contributed by atoms with E-state index in [1.807, 2.05) is 90.1 Å². The van der Waals surface area contributed by atoms with Crippen molar-refractivity contribution < 1.29 is 19.4 Å². The number of aliphatic hydroxyl groups is 1. The zero-order valence-electron chi connectivity index (χ0n) is 39.5. The number of ether oxygens (including phenoxy) is 1. The number of rotatable bonds is 8. The van der Waals surface area contributed by atoms with Crippen LogP contribution in [0.3, 0.4) is 0 Å². The second-order valence-corrected chi connectivity index (χ2v) is 19.1. The number of nitrogens with zero attached hydrogens (tertiary/aromatic N) is 6. The zero-order chi connectivity index (χ0) is 47.0. The van der Waals surface area contributed by atoms with Crippen LogP contribution in [0.4, 0.5) is 0 Å². The number of hydrogen-bond acceptors (Lipinski definition) is 6. The van der Waals surface area contributed by atoms with Crippen LogP contribution < -0.4 is 0 Å². The minimum absolute atomic E-state index is 0.00606. The van der Waals surface area contributed by atoms with Gasteiger partial charge in [0.15, 0.2) is 11.2 Å². The number of carbonyl (C=O) groups is 2. The number of benzene rings is 2. The third-order valence-electron chi connectivity index (χ3n) is 9.94. The molecule has 0 aliphatic heterocycles. The Morgan fingerprint density at radius 3 is 1.34 bits per heavy atom. The summed E-state index contributed by atoms with van der Waals surface area (Å²) in [5.74, 6) is -0.118. The highest BCUT2D eigenvalue weighted by Gasteiger charge is 2.30. The maximum absolute atomic E-state index is 12.8. The van der Waals surface area contributed by atoms with Crippen molar-refractivity contribution >= 4 is 45.7 Å². The lowest BCUT2D eigenvalue weighted by Gasteiger charge is -2.21. The normalized spacial score (nSPS) is 12.7. The topological polar surface area (TPSA) is 108 Å². The summed E-state index contributed by atoms with van der Waals surface area (Å²) in [5.41, 5.74) is 7.95. The molecule has 0 bridgehead atoms. The highest BCUT2D eigenvalue weighted by molar-refractivity contribution is 6.64. The molecular formula is C50H66ClN6O4+. The van der Waals surface area contributed by atoms with E-state index in [1.165, 1.54) is 11.1 Å². The second-order valence-electron chi connectivity index (χ2n) is 18.8. The van der Waals surface area contributed by atoms with E-state index in [9.17, 15) is 14.7 Å². The Bertz CT molecular complexity index is 2330. The van der Waals surface area contributed by atoms with Crippen LogP contribution in [-0.2, 0) is 38.2 Å². The van der Waals surface area contributed by atoms with Crippen molar-refractivity contribution in [3.8, 4) is 0 Å². The number of aromatic nitrogens is 4. The van der Waals surface area contributed by atoms with Crippen molar-refractivity contribution in [3.63, 3.8) is 0 Å². The number of hydrogen-bond donors (Lipinski definition) is 1. The van der Waals surface area contributed by atoms with Crippen molar-refractivity contribution in [1.29, 1.82) is 0 Å². The van der Waals surface area contributed by atoms with Gasteiger partial charge in [-0.1, -0.05) is 90.1 Å². The van der Waals surface area contributed by atoms with Gasteiger partial charge in [0.2, 0.25) is 11.4 Å². The number of aryl methyl sites for hydroxylation is 4. The molecule has 2 aromatic heterocycles. The maximum atomic E-state index is 12.8. The van der Waals surface area contributed by atoms with E-state index in [0.29, 0.717) is 30.2 Å². The molecule has 10 nitrogen and oxygen atoms in total. The number of aliphatic hydroxyl groups excluding tert-OH is 1. The second kappa shape index (κ2) is 20.3. The largest absolute Gasteiger partial charge is 0.517 e. The molecule has 0 saturated carbocycles. The summed E-state index contributed by atoms with van der Waals surface area (Å²) in [4.78, 5) is 30.4. The lowest BCUT2D eigenvalue weighted by Crippen LogP contribution is -2.23. The van der Waals surface area contributed by atoms with E-state index in [4.69, 9.17) is 29.5 Å². The van der Waals surface area contributed by atoms with Gasteiger partial charge in [-0.25, -0.2) is 9.69 Å². The van der Waals surface area contributed by atoms with Gasteiger partial charge in [0.25, 0.3) is 5.24 Å². The molecule has 0 fully saturated rings. The molecule has 0 saturated heterocycles. The Kier molecular flexibility index (Phi) is 17.2. The molecule has 0 atom stereocenters. The Balaban J connectivity index is 0.000000369. The average molecular weight is 851 g/mol. The summed E-state index contributed by atoms with van der Waals surface area (Å²) in [6.45, 7) is 53.5. The lowest BCUT2D eigenvalue weighted by atomic mass is 9.86. The van der Waals surface area contributed by atoms with E-state index in [1.54, 1.807) is 44.0 Å². The van der Waals surface area contributed by atoms with Crippen molar-refractivity contribution in [2.45, 2.75) is 142 Å². The van der Waals surface area contributed by atoms with Crippen LogP contribution >= 0.6 is 11.6 Å². The van der Waals surface area contributed by atoms with Crippen LogP contribution in [0.2, 0.25) is 0 Å². The smallest absolute Gasteiger partial charge is 0.315 e. The van der Waals surface area contributed by atoms with Gasteiger partial charge in [0, 0.05) is 13.1 Å². The summed E-state index contributed by atoms with van der Waals surface area (Å²) in [5, 5.41) is 19.4. The molecule has 0 spiro atoms. The number of halogens is 1.